The molecule has 1 aliphatic carbocycles. The maximum atomic E-state index is 12.9. The molecule has 27 heavy (non-hydrogen) atoms. The monoisotopic (exact) mass is 373 g/mol. The Morgan fingerprint density at radius 1 is 1.15 bits per heavy atom. The molecular formula is C20H27N3O4. The summed E-state index contributed by atoms with van der Waals surface area (Å²) in [6.07, 6.45) is 4.78. The zero-order chi connectivity index (χ0) is 18.8. The van der Waals surface area contributed by atoms with E-state index in [4.69, 9.17) is 15.2 Å². The molecule has 7 heteroatoms. The van der Waals surface area contributed by atoms with Crippen molar-refractivity contribution in [3.05, 3.63) is 18.2 Å². The van der Waals surface area contributed by atoms with Crippen molar-refractivity contribution in [1.29, 1.82) is 0 Å². The lowest BCUT2D eigenvalue weighted by molar-refractivity contribution is -0.133. The maximum Gasteiger partial charge on any atom is 0.239 e. The van der Waals surface area contributed by atoms with E-state index >= 15 is 0 Å². The van der Waals surface area contributed by atoms with Gasteiger partial charge in [-0.1, -0.05) is 12.8 Å². The van der Waals surface area contributed by atoms with Gasteiger partial charge < -0.3 is 25.4 Å². The molecular weight excluding hydrogens is 346 g/mol. The van der Waals surface area contributed by atoms with Gasteiger partial charge in [0.1, 0.15) is 19.1 Å². The normalized spacial score (nSPS) is 27.5. The van der Waals surface area contributed by atoms with E-state index in [0.29, 0.717) is 50.1 Å². The van der Waals surface area contributed by atoms with Gasteiger partial charge >= 0.3 is 0 Å². The summed E-state index contributed by atoms with van der Waals surface area (Å²) < 4.78 is 11.1. The highest BCUT2D eigenvalue weighted by Crippen LogP contribution is 2.36. The smallest absolute Gasteiger partial charge is 0.239 e. The first-order valence-corrected chi connectivity index (χ1v) is 9.89. The van der Waals surface area contributed by atoms with E-state index in [-0.39, 0.29) is 17.9 Å². The topological polar surface area (TPSA) is 93.9 Å². The maximum absolute atomic E-state index is 12.9. The molecule has 2 fully saturated rings. The lowest BCUT2D eigenvalue weighted by atomic mass is 9.84. The fourth-order valence-electron chi connectivity index (χ4n) is 4.34. The number of benzene rings is 1. The molecule has 3 aliphatic rings. The Kier molecular flexibility index (Phi) is 5.20. The largest absolute Gasteiger partial charge is 0.486 e. The van der Waals surface area contributed by atoms with E-state index < -0.39 is 5.92 Å². The van der Waals surface area contributed by atoms with Gasteiger partial charge in [0.25, 0.3) is 0 Å². The summed E-state index contributed by atoms with van der Waals surface area (Å²) in [7, 11) is 0. The molecule has 3 unspecified atom stereocenters. The van der Waals surface area contributed by atoms with Crippen molar-refractivity contribution in [3.8, 4) is 11.5 Å². The first-order chi connectivity index (χ1) is 13.2. The first kappa shape index (κ1) is 18.1. The number of nitrogens with two attached hydrogens (primary N) is 1. The van der Waals surface area contributed by atoms with Crippen LogP contribution in [0.2, 0.25) is 0 Å². The highest BCUT2D eigenvalue weighted by molar-refractivity contribution is 6.09. The highest BCUT2D eigenvalue weighted by atomic mass is 16.6. The van der Waals surface area contributed by atoms with E-state index in [2.05, 4.69) is 5.32 Å². The number of nitrogens with zero attached hydrogens (tertiary/aromatic N) is 1. The van der Waals surface area contributed by atoms with Crippen LogP contribution in [0.25, 0.3) is 0 Å². The number of amides is 2. The van der Waals surface area contributed by atoms with Gasteiger partial charge in [0, 0.05) is 24.3 Å². The fourth-order valence-corrected chi connectivity index (χ4v) is 4.34. The van der Waals surface area contributed by atoms with E-state index in [0.717, 1.165) is 31.4 Å². The van der Waals surface area contributed by atoms with E-state index in [9.17, 15) is 9.59 Å². The zero-order valence-corrected chi connectivity index (χ0v) is 15.5. The number of anilines is 1. The van der Waals surface area contributed by atoms with E-state index in [1.54, 1.807) is 4.90 Å². The minimum atomic E-state index is -0.626. The van der Waals surface area contributed by atoms with Crippen molar-refractivity contribution in [3.63, 3.8) is 0 Å². The third-order valence-electron chi connectivity index (χ3n) is 5.90. The molecule has 146 valence electrons. The Hall–Kier alpha value is -2.28. The summed E-state index contributed by atoms with van der Waals surface area (Å²) in [6, 6.07) is 5.57. The molecule has 1 saturated carbocycles. The van der Waals surface area contributed by atoms with Gasteiger partial charge in [0.15, 0.2) is 11.5 Å². The minimum Gasteiger partial charge on any atom is -0.486 e. The Balaban J connectivity index is 1.43. The summed E-state index contributed by atoms with van der Waals surface area (Å²) in [5, 5.41) is 3.10. The molecule has 1 aromatic carbocycles. The zero-order valence-electron chi connectivity index (χ0n) is 15.5. The van der Waals surface area contributed by atoms with Gasteiger partial charge in [-0.15, -0.1) is 0 Å². The van der Waals surface area contributed by atoms with Crippen LogP contribution >= 0.6 is 0 Å². The molecule has 0 spiro atoms. The van der Waals surface area contributed by atoms with Crippen molar-refractivity contribution in [2.75, 3.05) is 31.2 Å². The van der Waals surface area contributed by atoms with Crippen LogP contribution in [-0.4, -0.2) is 44.2 Å². The third-order valence-corrected chi connectivity index (χ3v) is 5.90. The SMILES string of the molecule is NCC1CCCCC1NC(=O)C1CCN(c2ccc3c(c2)OCCO3)C1=O. The predicted octanol–water partition coefficient (Wildman–Crippen LogP) is 1.44. The van der Waals surface area contributed by atoms with Crippen LogP contribution in [0.5, 0.6) is 11.5 Å². The molecule has 2 heterocycles. The minimum absolute atomic E-state index is 0.0902. The van der Waals surface area contributed by atoms with E-state index in [1.165, 1.54) is 0 Å². The van der Waals surface area contributed by atoms with Crippen LogP contribution in [0.4, 0.5) is 5.69 Å². The molecule has 0 bridgehead atoms. The number of rotatable bonds is 4. The second-order valence-corrected chi connectivity index (χ2v) is 7.55. The van der Waals surface area contributed by atoms with Gasteiger partial charge in [-0.3, -0.25) is 9.59 Å². The van der Waals surface area contributed by atoms with Crippen LogP contribution in [0.15, 0.2) is 18.2 Å². The molecule has 2 amide bonds. The molecule has 1 saturated heterocycles. The second-order valence-electron chi connectivity index (χ2n) is 7.55. The molecule has 3 atom stereocenters. The van der Waals surface area contributed by atoms with Crippen LogP contribution in [0.1, 0.15) is 32.1 Å². The average molecular weight is 373 g/mol. The van der Waals surface area contributed by atoms with Gasteiger partial charge in [0.05, 0.1) is 0 Å². The average Bonchev–Trinajstić information content (AvgIpc) is 3.09. The van der Waals surface area contributed by atoms with Gasteiger partial charge in [-0.2, -0.15) is 0 Å². The summed E-state index contributed by atoms with van der Waals surface area (Å²) >= 11 is 0. The Bertz CT molecular complexity index is 723. The van der Waals surface area contributed by atoms with Gasteiger partial charge in [-0.25, -0.2) is 0 Å². The van der Waals surface area contributed by atoms with E-state index in [1.807, 2.05) is 18.2 Å². The van der Waals surface area contributed by atoms with Crippen molar-refractivity contribution >= 4 is 17.5 Å². The van der Waals surface area contributed by atoms with Crippen LogP contribution in [0.3, 0.4) is 0 Å². The number of carbonyl (C=O) groups is 2. The summed E-state index contributed by atoms with van der Waals surface area (Å²) in [5.74, 6) is 0.713. The fraction of sp³-hybridized carbons (Fsp3) is 0.600. The molecule has 1 aromatic rings. The van der Waals surface area contributed by atoms with Crippen molar-refractivity contribution in [2.24, 2.45) is 17.6 Å². The number of carbonyl (C=O) groups excluding carboxylic acids is 2. The molecule has 4 rings (SSSR count). The molecule has 0 aromatic heterocycles. The number of hydrogen-bond acceptors (Lipinski definition) is 5. The molecule has 7 nitrogen and oxygen atoms in total. The molecule has 3 N–H and O–H groups in total. The number of fused-ring (bicyclic) bond motifs is 1. The summed E-state index contributed by atoms with van der Waals surface area (Å²) in [4.78, 5) is 27.3. The number of nitrogens with one attached hydrogen (secondary N) is 1. The van der Waals surface area contributed by atoms with Gasteiger partial charge in [-0.05, 0) is 43.9 Å². The Morgan fingerprint density at radius 3 is 2.74 bits per heavy atom. The van der Waals surface area contributed by atoms with Crippen LogP contribution in [0, 0.1) is 11.8 Å². The quantitative estimate of drug-likeness (QED) is 0.779. The van der Waals surface area contributed by atoms with Crippen molar-refractivity contribution < 1.29 is 19.1 Å². The summed E-state index contributed by atoms with van der Waals surface area (Å²) in [6.45, 7) is 2.13. The Morgan fingerprint density at radius 2 is 1.93 bits per heavy atom. The second kappa shape index (κ2) is 7.76. The van der Waals surface area contributed by atoms with Gasteiger partial charge in [0.2, 0.25) is 11.8 Å². The van der Waals surface area contributed by atoms with Crippen LogP contribution in [-0.2, 0) is 9.59 Å². The van der Waals surface area contributed by atoms with Crippen molar-refractivity contribution in [2.45, 2.75) is 38.1 Å². The Labute approximate surface area is 159 Å². The third kappa shape index (κ3) is 3.60. The number of ether oxygens (including phenoxy) is 2. The molecule has 0 radical (unpaired) electrons. The van der Waals surface area contributed by atoms with Crippen molar-refractivity contribution in [1.82, 2.24) is 5.32 Å². The first-order valence-electron chi connectivity index (χ1n) is 9.89. The summed E-state index contributed by atoms with van der Waals surface area (Å²) in [5.41, 5.74) is 6.60. The number of hydrogen-bond donors (Lipinski definition) is 2. The lowest BCUT2D eigenvalue weighted by Gasteiger charge is -2.32. The lowest BCUT2D eigenvalue weighted by Crippen LogP contribution is -2.48. The highest BCUT2D eigenvalue weighted by Gasteiger charge is 2.39. The van der Waals surface area contributed by atoms with Crippen LogP contribution < -0.4 is 25.4 Å². The standard InChI is InChI=1S/C20H27N3O4/c21-12-13-3-1-2-4-16(13)22-19(24)15-7-8-23(20(15)25)14-5-6-17-18(11-14)27-10-9-26-17/h5-6,11,13,15-16H,1-4,7-10,12,21H2,(H,22,24). The molecule has 2 aliphatic heterocycles. The predicted molar refractivity (Wildman–Crippen MR) is 101 cm³/mol.